The van der Waals surface area contributed by atoms with Gasteiger partial charge in [-0.15, -0.1) is 0 Å². The number of aliphatic hydroxyl groups is 1. The molecule has 1 aromatic rings. The number of ether oxygens (including phenoxy) is 1. The number of benzene rings is 1. The highest BCUT2D eigenvalue weighted by Crippen LogP contribution is 2.28. The molecule has 0 spiro atoms. The average Bonchev–Trinajstić information content (AvgIpc) is 2.53. The van der Waals surface area contributed by atoms with E-state index in [1.165, 1.54) is 12.1 Å². The number of piperidine rings is 1. The lowest BCUT2D eigenvalue weighted by Gasteiger charge is -2.34. The standard InChI is InChI=1S/C17H25N3O5/c1-17(2,3)25-16(22)19-8-4-5-13(10-19)18-14-9-12(11-21)6-7-15(14)20(23)24/h6-7,9,13,18,21H,4-5,8,10-11H2,1-3H3/t13-/m1/s1. The molecule has 1 atom stereocenters. The zero-order chi connectivity index (χ0) is 18.6. The van der Waals surface area contributed by atoms with Crippen LogP contribution in [-0.4, -0.2) is 45.8 Å². The fourth-order valence-corrected chi connectivity index (χ4v) is 2.76. The minimum Gasteiger partial charge on any atom is -0.444 e. The van der Waals surface area contributed by atoms with Gasteiger partial charge in [-0.25, -0.2) is 4.79 Å². The maximum absolute atomic E-state index is 12.2. The largest absolute Gasteiger partial charge is 0.444 e. The summed E-state index contributed by atoms with van der Waals surface area (Å²) >= 11 is 0. The van der Waals surface area contributed by atoms with Crippen LogP contribution in [0.4, 0.5) is 16.2 Å². The fraction of sp³-hybridized carbons (Fsp3) is 0.588. The molecular formula is C17H25N3O5. The summed E-state index contributed by atoms with van der Waals surface area (Å²) in [5.41, 5.74) is 0.332. The summed E-state index contributed by atoms with van der Waals surface area (Å²) < 4.78 is 5.39. The Morgan fingerprint density at radius 1 is 1.48 bits per heavy atom. The second-order valence-electron chi connectivity index (χ2n) is 7.18. The summed E-state index contributed by atoms with van der Waals surface area (Å²) in [4.78, 5) is 24.6. The maximum atomic E-state index is 12.2. The van der Waals surface area contributed by atoms with Gasteiger partial charge in [-0.3, -0.25) is 10.1 Å². The molecule has 1 saturated heterocycles. The maximum Gasteiger partial charge on any atom is 0.410 e. The van der Waals surface area contributed by atoms with Crippen molar-refractivity contribution in [1.82, 2.24) is 4.90 Å². The lowest BCUT2D eigenvalue weighted by atomic mass is 10.0. The Kier molecular flexibility index (Phi) is 5.84. The third-order valence-electron chi connectivity index (χ3n) is 3.87. The summed E-state index contributed by atoms with van der Waals surface area (Å²) in [5, 5.41) is 23.6. The molecule has 0 unspecified atom stereocenters. The number of carbonyl (C=O) groups is 1. The summed E-state index contributed by atoms with van der Waals surface area (Å²) in [6, 6.07) is 4.36. The van der Waals surface area contributed by atoms with Crippen molar-refractivity contribution in [2.75, 3.05) is 18.4 Å². The number of amides is 1. The van der Waals surface area contributed by atoms with E-state index in [9.17, 15) is 20.0 Å². The number of likely N-dealkylation sites (tertiary alicyclic amines) is 1. The first-order valence-corrected chi connectivity index (χ1v) is 8.32. The quantitative estimate of drug-likeness (QED) is 0.638. The number of aliphatic hydroxyl groups excluding tert-OH is 1. The molecule has 0 saturated carbocycles. The van der Waals surface area contributed by atoms with Crippen LogP contribution in [0.2, 0.25) is 0 Å². The number of carbonyl (C=O) groups excluding carboxylic acids is 1. The Balaban J connectivity index is 2.10. The van der Waals surface area contributed by atoms with Gasteiger partial charge < -0.3 is 20.1 Å². The van der Waals surface area contributed by atoms with Gasteiger partial charge in [0, 0.05) is 25.2 Å². The molecule has 25 heavy (non-hydrogen) atoms. The van der Waals surface area contributed by atoms with Gasteiger partial charge in [0.05, 0.1) is 11.5 Å². The number of nitro benzene ring substituents is 1. The molecular weight excluding hydrogens is 326 g/mol. The van der Waals surface area contributed by atoms with E-state index in [2.05, 4.69) is 5.32 Å². The molecule has 0 aliphatic carbocycles. The van der Waals surface area contributed by atoms with Crippen molar-refractivity contribution in [3.8, 4) is 0 Å². The molecule has 0 aromatic heterocycles. The van der Waals surface area contributed by atoms with E-state index in [4.69, 9.17) is 4.74 Å². The molecule has 0 radical (unpaired) electrons. The van der Waals surface area contributed by atoms with E-state index >= 15 is 0 Å². The number of hydrogen-bond donors (Lipinski definition) is 2. The van der Waals surface area contributed by atoms with Crippen LogP contribution in [0.15, 0.2) is 18.2 Å². The van der Waals surface area contributed by atoms with Crippen LogP contribution in [-0.2, 0) is 11.3 Å². The van der Waals surface area contributed by atoms with Crippen LogP contribution in [0.3, 0.4) is 0 Å². The first-order valence-electron chi connectivity index (χ1n) is 8.32. The van der Waals surface area contributed by atoms with E-state index in [1.54, 1.807) is 11.0 Å². The molecule has 0 bridgehead atoms. The lowest BCUT2D eigenvalue weighted by Crippen LogP contribution is -2.47. The second kappa shape index (κ2) is 7.69. The molecule has 2 rings (SSSR count). The van der Waals surface area contributed by atoms with Crippen LogP contribution < -0.4 is 5.32 Å². The highest BCUT2D eigenvalue weighted by Gasteiger charge is 2.28. The molecule has 8 heteroatoms. The third-order valence-corrected chi connectivity index (χ3v) is 3.87. The van der Waals surface area contributed by atoms with Crippen molar-refractivity contribution in [1.29, 1.82) is 0 Å². The van der Waals surface area contributed by atoms with E-state index in [0.29, 0.717) is 24.3 Å². The molecule has 8 nitrogen and oxygen atoms in total. The normalized spacial score (nSPS) is 17.9. The van der Waals surface area contributed by atoms with Crippen molar-refractivity contribution in [3.63, 3.8) is 0 Å². The molecule has 1 aromatic carbocycles. The van der Waals surface area contributed by atoms with Crippen LogP contribution in [0, 0.1) is 10.1 Å². The number of nitrogens with zero attached hydrogens (tertiary/aromatic N) is 2. The zero-order valence-corrected chi connectivity index (χ0v) is 14.8. The number of nitro groups is 1. The van der Waals surface area contributed by atoms with E-state index in [1.807, 2.05) is 20.8 Å². The van der Waals surface area contributed by atoms with Crippen molar-refractivity contribution in [2.24, 2.45) is 0 Å². The van der Waals surface area contributed by atoms with Gasteiger partial charge >= 0.3 is 6.09 Å². The molecule has 138 valence electrons. The predicted molar refractivity (Wildman–Crippen MR) is 93.5 cm³/mol. The topological polar surface area (TPSA) is 105 Å². The van der Waals surface area contributed by atoms with E-state index < -0.39 is 10.5 Å². The Hall–Kier alpha value is -2.35. The SMILES string of the molecule is CC(C)(C)OC(=O)N1CCC[C@@H](Nc2cc(CO)ccc2[N+](=O)[O-])C1. The van der Waals surface area contributed by atoms with Crippen molar-refractivity contribution in [2.45, 2.75) is 51.9 Å². The smallest absolute Gasteiger partial charge is 0.410 e. The number of rotatable bonds is 4. The molecule has 2 N–H and O–H groups in total. The van der Waals surface area contributed by atoms with Crippen molar-refractivity contribution in [3.05, 3.63) is 33.9 Å². The molecule has 1 amide bonds. The Morgan fingerprint density at radius 2 is 2.20 bits per heavy atom. The van der Waals surface area contributed by atoms with Gasteiger partial charge in [-0.1, -0.05) is 0 Å². The second-order valence-corrected chi connectivity index (χ2v) is 7.18. The van der Waals surface area contributed by atoms with E-state index in [-0.39, 0.29) is 24.4 Å². The molecule has 1 aliphatic heterocycles. The first kappa shape index (κ1) is 19.0. The minimum atomic E-state index is -0.564. The third kappa shape index (κ3) is 5.32. The summed E-state index contributed by atoms with van der Waals surface area (Å²) in [7, 11) is 0. The van der Waals surface area contributed by atoms with Gasteiger partial charge in [0.1, 0.15) is 11.3 Å². The van der Waals surface area contributed by atoms with Crippen molar-refractivity contribution >= 4 is 17.5 Å². The van der Waals surface area contributed by atoms with Crippen molar-refractivity contribution < 1.29 is 19.6 Å². The summed E-state index contributed by atoms with van der Waals surface area (Å²) in [6.07, 6.45) is 1.20. The van der Waals surface area contributed by atoms with Crippen LogP contribution in [0.25, 0.3) is 0 Å². The fourth-order valence-electron chi connectivity index (χ4n) is 2.76. The van der Waals surface area contributed by atoms with Gasteiger partial charge in [0.15, 0.2) is 0 Å². The Bertz CT molecular complexity index is 642. The highest BCUT2D eigenvalue weighted by atomic mass is 16.6. The number of hydrogen-bond acceptors (Lipinski definition) is 6. The Labute approximate surface area is 146 Å². The summed E-state index contributed by atoms with van der Waals surface area (Å²) in [6.45, 7) is 6.26. The zero-order valence-electron chi connectivity index (χ0n) is 14.8. The first-order chi connectivity index (χ1) is 11.7. The number of nitrogens with one attached hydrogen (secondary N) is 1. The molecule has 1 aliphatic rings. The number of anilines is 1. The summed E-state index contributed by atoms with van der Waals surface area (Å²) in [5.74, 6) is 0. The van der Waals surface area contributed by atoms with Gasteiger partial charge in [0.2, 0.25) is 0 Å². The van der Waals surface area contributed by atoms with Gasteiger partial charge in [-0.2, -0.15) is 0 Å². The average molecular weight is 351 g/mol. The monoisotopic (exact) mass is 351 g/mol. The van der Waals surface area contributed by atoms with Gasteiger partial charge in [0.25, 0.3) is 5.69 Å². The lowest BCUT2D eigenvalue weighted by molar-refractivity contribution is -0.384. The van der Waals surface area contributed by atoms with E-state index in [0.717, 1.165) is 12.8 Å². The van der Waals surface area contributed by atoms with Crippen LogP contribution in [0.5, 0.6) is 0 Å². The predicted octanol–water partition coefficient (Wildman–Crippen LogP) is 2.90. The highest BCUT2D eigenvalue weighted by molar-refractivity contribution is 5.69. The molecule has 1 heterocycles. The molecule has 1 fully saturated rings. The van der Waals surface area contributed by atoms with Gasteiger partial charge in [-0.05, 0) is 51.3 Å². The van der Waals surface area contributed by atoms with Crippen LogP contribution >= 0.6 is 0 Å². The minimum absolute atomic E-state index is 0.0495. The Morgan fingerprint density at radius 3 is 2.80 bits per heavy atom. The van der Waals surface area contributed by atoms with Crippen LogP contribution in [0.1, 0.15) is 39.2 Å².